The first-order valence-corrected chi connectivity index (χ1v) is 7.89. The second-order valence-electron chi connectivity index (χ2n) is 5.67. The average Bonchev–Trinajstić information content (AvgIpc) is 2.43. The lowest BCUT2D eigenvalue weighted by atomic mass is 10.2. The lowest BCUT2D eigenvalue weighted by molar-refractivity contribution is 0.181. The van der Waals surface area contributed by atoms with Gasteiger partial charge in [0.1, 0.15) is 5.75 Å². The van der Waals surface area contributed by atoms with Gasteiger partial charge >= 0.3 is 0 Å². The van der Waals surface area contributed by atoms with Crippen LogP contribution in [0.15, 0.2) is 23.2 Å². The summed E-state index contributed by atoms with van der Waals surface area (Å²) in [7, 11) is 1.58. The SMILES string of the molecule is COc1ccc(NC(N)=NCCN(C(C)C)C(C)C)cc1Cl. The molecular formula is C16H27ClN4O. The van der Waals surface area contributed by atoms with E-state index in [4.69, 9.17) is 22.1 Å². The quantitative estimate of drug-likeness (QED) is 0.596. The standard InChI is InChI=1S/C16H27ClN4O/c1-11(2)21(12(3)4)9-8-19-16(18)20-13-6-7-15(22-5)14(17)10-13/h6-7,10-12H,8-9H2,1-5H3,(H3,18,19,20). The van der Waals surface area contributed by atoms with Gasteiger partial charge in [0, 0.05) is 24.3 Å². The number of halogens is 1. The third-order valence-electron chi connectivity index (χ3n) is 3.39. The smallest absolute Gasteiger partial charge is 0.193 e. The van der Waals surface area contributed by atoms with Crippen LogP contribution in [0.4, 0.5) is 5.69 Å². The van der Waals surface area contributed by atoms with Crippen LogP contribution in [0.1, 0.15) is 27.7 Å². The molecule has 0 unspecified atom stereocenters. The van der Waals surface area contributed by atoms with Gasteiger partial charge in [-0.1, -0.05) is 11.6 Å². The highest BCUT2D eigenvalue weighted by molar-refractivity contribution is 6.32. The summed E-state index contributed by atoms with van der Waals surface area (Å²) >= 11 is 6.08. The molecule has 6 heteroatoms. The van der Waals surface area contributed by atoms with E-state index < -0.39 is 0 Å². The second-order valence-corrected chi connectivity index (χ2v) is 6.07. The van der Waals surface area contributed by atoms with Crippen LogP contribution in [-0.4, -0.2) is 43.1 Å². The van der Waals surface area contributed by atoms with Gasteiger partial charge in [0.2, 0.25) is 0 Å². The third kappa shape index (κ3) is 5.73. The Hall–Kier alpha value is -1.46. The lowest BCUT2D eigenvalue weighted by Gasteiger charge is -2.29. The molecule has 22 heavy (non-hydrogen) atoms. The Kier molecular flexibility index (Phi) is 7.48. The number of hydrogen-bond donors (Lipinski definition) is 2. The molecule has 124 valence electrons. The minimum Gasteiger partial charge on any atom is -0.495 e. The van der Waals surface area contributed by atoms with Crippen molar-refractivity contribution in [3.05, 3.63) is 23.2 Å². The summed E-state index contributed by atoms with van der Waals surface area (Å²) in [6.45, 7) is 10.3. The Morgan fingerprint density at radius 3 is 2.45 bits per heavy atom. The molecule has 0 aliphatic carbocycles. The fourth-order valence-electron chi connectivity index (χ4n) is 2.33. The van der Waals surface area contributed by atoms with E-state index in [1.54, 1.807) is 19.2 Å². The largest absolute Gasteiger partial charge is 0.495 e. The zero-order valence-corrected chi connectivity index (χ0v) is 14.8. The molecule has 0 aromatic heterocycles. The number of aliphatic imine (C=N–C) groups is 1. The molecule has 0 heterocycles. The molecule has 1 rings (SSSR count). The summed E-state index contributed by atoms with van der Waals surface area (Å²) in [6.07, 6.45) is 0. The molecular weight excluding hydrogens is 300 g/mol. The van der Waals surface area contributed by atoms with E-state index >= 15 is 0 Å². The average molecular weight is 327 g/mol. The van der Waals surface area contributed by atoms with Gasteiger partial charge in [-0.3, -0.25) is 9.89 Å². The predicted molar refractivity (Wildman–Crippen MR) is 95.1 cm³/mol. The van der Waals surface area contributed by atoms with Gasteiger partial charge in [-0.25, -0.2) is 0 Å². The van der Waals surface area contributed by atoms with E-state index in [1.165, 1.54) is 0 Å². The fraction of sp³-hybridized carbons (Fsp3) is 0.562. The number of rotatable bonds is 7. The maximum absolute atomic E-state index is 6.08. The molecule has 0 fully saturated rings. The number of ether oxygens (including phenoxy) is 1. The number of guanidine groups is 1. The Labute approximate surface area is 138 Å². The number of methoxy groups -OCH3 is 1. The second kappa shape index (κ2) is 8.86. The van der Waals surface area contributed by atoms with Crippen LogP contribution in [0.3, 0.4) is 0 Å². The van der Waals surface area contributed by atoms with Crippen molar-refractivity contribution in [3.63, 3.8) is 0 Å². The molecule has 0 atom stereocenters. The van der Waals surface area contributed by atoms with Crippen molar-refractivity contribution in [3.8, 4) is 5.75 Å². The molecule has 3 N–H and O–H groups in total. The van der Waals surface area contributed by atoms with E-state index in [2.05, 4.69) is 42.9 Å². The van der Waals surface area contributed by atoms with Crippen molar-refractivity contribution in [1.29, 1.82) is 0 Å². The summed E-state index contributed by atoms with van der Waals surface area (Å²) in [5.74, 6) is 1.01. The summed E-state index contributed by atoms with van der Waals surface area (Å²) in [4.78, 5) is 6.74. The number of hydrogen-bond acceptors (Lipinski definition) is 3. The lowest BCUT2D eigenvalue weighted by Crippen LogP contribution is -2.39. The molecule has 0 radical (unpaired) electrons. The molecule has 0 aliphatic rings. The van der Waals surface area contributed by atoms with Crippen LogP contribution < -0.4 is 15.8 Å². The van der Waals surface area contributed by atoms with Gasteiger partial charge in [-0.2, -0.15) is 0 Å². The summed E-state index contributed by atoms with van der Waals surface area (Å²) in [5, 5.41) is 3.57. The van der Waals surface area contributed by atoms with E-state index in [1.807, 2.05) is 6.07 Å². The van der Waals surface area contributed by atoms with Crippen LogP contribution in [0.2, 0.25) is 5.02 Å². The van der Waals surface area contributed by atoms with E-state index in [-0.39, 0.29) is 0 Å². The zero-order valence-electron chi connectivity index (χ0n) is 14.1. The third-order valence-corrected chi connectivity index (χ3v) is 3.69. The van der Waals surface area contributed by atoms with E-state index in [9.17, 15) is 0 Å². The first-order valence-electron chi connectivity index (χ1n) is 7.51. The topological polar surface area (TPSA) is 62.9 Å². The molecule has 5 nitrogen and oxygen atoms in total. The maximum atomic E-state index is 6.08. The van der Waals surface area contributed by atoms with Crippen LogP contribution in [-0.2, 0) is 0 Å². The molecule has 0 spiro atoms. The van der Waals surface area contributed by atoms with Crippen molar-refractivity contribution in [2.45, 2.75) is 39.8 Å². The minimum absolute atomic E-state index is 0.383. The van der Waals surface area contributed by atoms with Crippen molar-refractivity contribution in [2.75, 3.05) is 25.5 Å². The van der Waals surface area contributed by atoms with Crippen LogP contribution >= 0.6 is 11.6 Å². The Morgan fingerprint density at radius 1 is 1.32 bits per heavy atom. The van der Waals surface area contributed by atoms with Crippen molar-refractivity contribution in [1.82, 2.24) is 4.90 Å². The maximum Gasteiger partial charge on any atom is 0.193 e. The molecule has 1 aromatic carbocycles. The first-order chi connectivity index (χ1) is 10.3. The number of nitrogens with one attached hydrogen (secondary N) is 1. The highest BCUT2D eigenvalue weighted by Crippen LogP contribution is 2.26. The zero-order chi connectivity index (χ0) is 16.7. The number of nitrogens with two attached hydrogens (primary N) is 1. The van der Waals surface area contributed by atoms with Crippen molar-refractivity contribution < 1.29 is 4.74 Å². The van der Waals surface area contributed by atoms with Gasteiger partial charge in [0.25, 0.3) is 0 Å². The summed E-state index contributed by atoms with van der Waals surface area (Å²) in [6, 6.07) is 6.38. The van der Waals surface area contributed by atoms with Gasteiger partial charge in [0.15, 0.2) is 5.96 Å². The van der Waals surface area contributed by atoms with Crippen LogP contribution in [0.5, 0.6) is 5.75 Å². The monoisotopic (exact) mass is 326 g/mol. The molecule has 0 amide bonds. The van der Waals surface area contributed by atoms with E-state index in [0.29, 0.717) is 35.4 Å². The molecule has 1 aromatic rings. The van der Waals surface area contributed by atoms with Crippen LogP contribution in [0.25, 0.3) is 0 Å². The fourth-order valence-corrected chi connectivity index (χ4v) is 2.59. The summed E-state index contributed by atoms with van der Waals surface area (Å²) < 4.78 is 5.11. The van der Waals surface area contributed by atoms with Gasteiger partial charge in [-0.15, -0.1) is 0 Å². The van der Waals surface area contributed by atoms with Gasteiger partial charge in [0.05, 0.1) is 18.7 Å². The normalized spacial score (nSPS) is 12.3. The van der Waals surface area contributed by atoms with Gasteiger partial charge in [-0.05, 0) is 45.9 Å². The first kappa shape index (κ1) is 18.6. The molecule has 0 saturated carbocycles. The number of anilines is 1. The highest BCUT2D eigenvalue weighted by atomic mass is 35.5. The Morgan fingerprint density at radius 2 is 1.95 bits per heavy atom. The number of benzene rings is 1. The highest BCUT2D eigenvalue weighted by Gasteiger charge is 2.12. The van der Waals surface area contributed by atoms with Crippen LogP contribution in [0, 0.1) is 0 Å². The van der Waals surface area contributed by atoms with Gasteiger partial charge < -0.3 is 15.8 Å². The molecule has 0 bridgehead atoms. The van der Waals surface area contributed by atoms with Crippen molar-refractivity contribution >= 4 is 23.2 Å². The summed E-state index contributed by atoms with van der Waals surface area (Å²) in [5.41, 5.74) is 6.70. The van der Waals surface area contributed by atoms with Crippen molar-refractivity contribution in [2.24, 2.45) is 10.7 Å². The minimum atomic E-state index is 0.383. The Bertz CT molecular complexity index is 495. The Balaban J connectivity index is 2.57. The molecule has 0 saturated heterocycles. The van der Waals surface area contributed by atoms with E-state index in [0.717, 1.165) is 12.2 Å². The number of nitrogens with zero attached hydrogens (tertiary/aromatic N) is 2. The predicted octanol–water partition coefficient (Wildman–Crippen LogP) is 3.19. The molecule has 0 aliphatic heterocycles.